The molecule has 0 heterocycles. The fraction of sp³-hybridized carbons (Fsp3) is 0.192. The Balaban J connectivity index is 1.57. The van der Waals surface area contributed by atoms with Gasteiger partial charge in [0.05, 0.1) is 6.61 Å². The molecule has 3 aromatic carbocycles. The Kier molecular flexibility index (Phi) is 8.55. The van der Waals surface area contributed by atoms with Gasteiger partial charge in [-0.3, -0.25) is 14.9 Å². The van der Waals surface area contributed by atoms with Crippen LogP contribution >= 0.6 is 12.2 Å². The molecule has 0 bridgehead atoms. The normalized spacial score (nSPS) is 10.2. The van der Waals surface area contributed by atoms with Crippen LogP contribution in [0.1, 0.15) is 46.0 Å². The zero-order chi connectivity index (χ0) is 23.6. The van der Waals surface area contributed by atoms with E-state index in [4.69, 9.17) is 17.0 Å². The maximum Gasteiger partial charge on any atom is 0.257 e. The van der Waals surface area contributed by atoms with Gasteiger partial charge in [-0.05, 0) is 79.7 Å². The Morgan fingerprint density at radius 1 is 0.879 bits per heavy atom. The molecule has 3 rings (SSSR count). The van der Waals surface area contributed by atoms with Crippen molar-refractivity contribution in [2.75, 3.05) is 17.2 Å². The molecule has 7 heteroatoms. The number of ether oxygens (including phenoxy) is 1. The summed E-state index contributed by atoms with van der Waals surface area (Å²) in [5.74, 6) is 0.152. The molecule has 0 aliphatic carbocycles. The molecular weight excluding hydrogens is 434 g/mol. The van der Waals surface area contributed by atoms with Gasteiger partial charge in [0.25, 0.3) is 11.8 Å². The summed E-state index contributed by atoms with van der Waals surface area (Å²) in [6.07, 6.45) is 2.00. The van der Waals surface area contributed by atoms with Crippen LogP contribution in [0, 0.1) is 6.92 Å². The molecule has 170 valence electrons. The average molecular weight is 462 g/mol. The van der Waals surface area contributed by atoms with Gasteiger partial charge in [0.2, 0.25) is 0 Å². The number of aryl methyl sites for hydroxylation is 1. The standard InChI is InChI=1S/C26H27N3O3S/c1-3-4-15-32-22-12-8-11-20(17-22)25(31)29-26(33)27-21-13-14-23(18(2)16-21)28-24(30)19-9-6-5-7-10-19/h5-14,16-17H,3-4,15H2,1-2H3,(H,28,30)(H2,27,29,31,33). The molecule has 0 radical (unpaired) electrons. The van der Waals surface area contributed by atoms with Crippen LogP contribution in [0.4, 0.5) is 11.4 Å². The van der Waals surface area contributed by atoms with Crippen LogP contribution in [0.25, 0.3) is 0 Å². The maximum atomic E-state index is 12.6. The molecule has 6 nitrogen and oxygen atoms in total. The zero-order valence-electron chi connectivity index (χ0n) is 18.7. The van der Waals surface area contributed by atoms with Crippen LogP contribution in [0.2, 0.25) is 0 Å². The lowest BCUT2D eigenvalue weighted by atomic mass is 10.1. The Hall–Kier alpha value is -3.71. The summed E-state index contributed by atoms with van der Waals surface area (Å²) >= 11 is 5.30. The van der Waals surface area contributed by atoms with Crippen molar-refractivity contribution < 1.29 is 14.3 Å². The number of benzene rings is 3. The lowest BCUT2D eigenvalue weighted by molar-refractivity contribution is 0.0976. The van der Waals surface area contributed by atoms with Crippen molar-refractivity contribution in [3.8, 4) is 5.75 Å². The van der Waals surface area contributed by atoms with Gasteiger partial charge in [0, 0.05) is 22.5 Å². The Morgan fingerprint density at radius 2 is 1.64 bits per heavy atom. The second kappa shape index (κ2) is 11.8. The van der Waals surface area contributed by atoms with Gasteiger partial charge in [-0.15, -0.1) is 0 Å². The van der Waals surface area contributed by atoms with Gasteiger partial charge in [-0.2, -0.15) is 0 Å². The topological polar surface area (TPSA) is 79.5 Å². The van der Waals surface area contributed by atoms with E-state index in [2.05, 4.69) is 22.9 Å². The number of hydrogen-bond acceptors (Lipinski definition) is 4. The number of nitrogens with one attached hydrogen (secondary N) is 3. The first-order chi connectivity index (χ1) is 16.0. The SMILES string of the molecule is CCCCOc1cccc(C(=O)NC(=S)Nc2ccc(NC(=O)c3ccccc3)c(C)c2)c1. The number of anilines is 2. The summed E-state index contributed by atoms with van der Waals surface area (Å²) in [5.41, 5.74) is 3.30. The molecule has 0 saturated carbocycles. The monoisotopic (exact) mass is 461 g/mol. The molecular formula is C26H27N3O3S. The first kappa shape index (κ1) is 23.9. The van der Waals surface area contributed by atoms with E-state index >= 15 is 0 Å². The van der Waals surface area contributed by atoms with E-state index in [0.29, 0.717) is 34.9 Å². The number of carbonyl (C=O) groups excluding carboxylic acids is 2. The fourth-order valence-corrected chi connectivity index (χ4v) is 3.28. The van der Waals surface area contributed by atoms with Crippen molar-refractivity contribution in [1.82, 2.24) is 5.32 Å². The lowest BCUT2D eigenvalue weighted by Gasteiger charge is -2.13. The number of thiocarbonyl (C=S) groups is 1. The van der Waals surface area contributed by atoms with Gasteiger partial charge in [-0.25, -0.2) is 0 Å². The highest BCUT2D eigenvalue weighted by Crippen LogP contribution is 2.21. The minimum atomic E-state index is -0.322. The maximum absolute atomic E-state index is 12.6. The predicted molar refractivity (Wildman–Crippen MR) is 136 cm³/mol. The Labute approximate surface area is 199 Å². The van der Waals surface area contributed by atoms with Crippen LogP contribution in [0.15, 0.2) is 72.8 Å². The average Bonchev–Trinajstić information content (AvgIpc) is 2.81. The molecule has 0 saturated heterocycles. The Morgan fingerprint density at radius 3 is 2.36 bits per heavy atom. The molecule has 0 aliphatic rings. The first-order valence-electron chi connectivity index (χ1n) is 10.8. The number of rotatable bonds is 8. The molecule has 0 fully saturated rings. The summed E-state index contributed by atoms with van der Waals surface area (Å²) < 4.78 is 5.66. The Bertz CT molecular complexity index is 1130. The molecule has 0 spiro atoms. The van der Waals surface area contributed by atoms with E-state index in [1.807, 2.05) is 37.3 Å². The predicted octanol–water partition coefficient (Wildman–Crippen LogP) is 5.55. The van der Waals surface area contributed by atoms with Crippen LogP contribution in [0.3, 0.4) is 0 Å². The highest BCUT2D eigenvalue weighted by molar-refractivity contribution is 7.80. The summed E-state index contributed by atoms with van der Waals surface area (Å²) in [6, 6.07) is 21.4. The van der Waals surface area contributed by atoms with Gasteiger partial charge < -0.3 is 15.4 Å². The molecule has 0 unspecified atom stereocenters. The second-order valence-corrected chi connectivity index (χ2v) is 7.90. The van der Waals surface area contributed by atoms with E-state index in [9.17, 15) is 9.59 Å². The zero-order valence-corrected chi connectivity index (χ0v) is 19.5. The molecule has 3 aromatic rings. The minimum absolute atomic E-state index is 0.178. The first-order valence-corrected chi connectivity index (χ1v) is 11.2. The lowest BCUT2D eigenvalue weighted by Crippen LogP contribution is -2.34. The van der Waals surface area contributed by atoms with Crippen molar-refractivity contribution in [3.63, 3.8) is 0 Å². The highest BCUT2D eigenvalue weighted by atomic mass is 32.1. The van der Waals surface area contributed by atoms with Gasteiger partial charge in [0.1, 0.15) is 5.75 Å². The fourth-order valence-electron chi connectivity index (χ4n) is 3.06. The number of carbonyl (C=O) groups is 2. The van der Waals surface area contributed by atoms with E-state index in [0.717, 1.165) is 18.4 Å². The minimum Gasteiger partial charge on any atom is -0.494 e. The summed E-state index contributed by atoms with van der Waals surface area (Å²) in [4.78, 5) is 24.9. The second-order valence-electron chi connectivity index (χ2n) is 7.49. The molecule has 0 aromatic heterocycles. The van der Waals surface area contributed by atoms with Crippen LogP contribution < -0.4 is 20.7 Å². The van der Waals surface area contributed by atoms with Crippen molar-refractivity contribution in [2.45, 2.75) is 26.7 Å². The smallest absolute Gasteiger partial charge is 0.257 e. The van der Waals surface area contributed by atoms with Crippen molar-refractivity contribution >= 4 is 40.5 Å². The van der Waals surface area contributed by atoms with E-state index < -0.39 is 0 Å². The van der Waals surface area contributed by atoms with Crippen molar-refractivity contribution in [2.24, 2.45) is 0 Å². The van der Waals surface area contributed by atoms with Crippen LogP contribution in [-0.2, 0) is 0 Å². The quantitative estimate of drug-likeness (QED) is 0.303. The van der Waals surface area contributed by atoms with E-state index in [1.165, 1.54) is 0 Å². The molecule has 2 amide bonds. The largest absolute Gasteiger partial charge is 0.494 e. The molecule has 3 N–H and O–H groups in total. The van der Waals surface area contributed by atoms with Crippen LogP contribution in [0.5, 0.6) is 5.75 Å². The molecule has 0 aliphatic heterocycles. The van der Waals surface area contributed by atoms with Gasteiger partial charge in [0.15, 0.2) is 5.11 Å². The third-order valence-corrected chi connectivity index (χ3v) is 5.06. The molecule has 0 atom stereocenters. The van der Waals surface area contributed by atoms with Crippen LogP contribution in [-0.4, -0.2) is 23.5 Å². The third-order valence-electron chi connectivity index (χ3n) is 4.86. The van der Waals surface area contributed by atoms with E-state index in [1.54, 1.807) is 42.5 Å². The highest BCUT2D eigenvalue weighted by Gasteiger charge is 2.11. The summed E-state index contributed by atoms with van der Waals surface area (Å²) in [5, 5.41) is 8.77. The number of unbranched alkanes of at least 4 members (excludes halogenated alkanes) is 1. The van der Waals surface area contributed by atoms with Gasteiger partial charge >= 0.3 is 0 Å². The number of amides is 2. The number of hydrogen-bond donors (Lipinski definition) is 3. The van der Waals surface area contributed by atoms with E-state index in [-0.39, 0.29) is 16.9 Å². The third kappa shape index (κ3) is 7.15. The molecule has 33 heavy (non-hydrogen) atoms. The van der Waals surface area contributed by atoms with Crippen molar-refractivity contribution in [3.05, 3.63) is 89.5 Å². The summed E-state index contributed by atoms with van der Waals surface area (Å²) in [6.45, 7) is 4.59. The van der Waals surface area contributed by atoms with Gasteiger partial charge in [-0.1, -0.05) is 37.6 Å². The summed E-state index contributed by atoms with van der Waals surface area (Å²) in [7, 11) is 0. The van der Waals surface area contributed by atoms with Crippen molar-refractivity contribution in [1.29, 1.82) is 0 Å².